The Balaban J connectivity index is 1.46. The van der Waals surface area contributed by atoms with Crippen LogP contribution in [0.2, 0.25) is 5.02 Å². The maximum atomic E-state index is 12.3. The topological polar surface area (TPSA) is 61.2 Å². The molecule has 1 aliphatic carbocycles. The van der Waals surface area contributed by atoms with Gasteiger partial charge in [0.1, 0.15) is 0 Å². The Kier molecular flexibility index (Phi) is 4.21. The number of benzene rings is 1. The first-order valence-corrected chi connectivity index (χ1v) is 10.1. The highest BCUT2D eigenvalue weighted by Crippen LogP contribution is 2.43. The van der Waals surface area contributed by atoms with E-state index in [2.05, 4.69) is 0 Å². The average molecular weight is 341 g/mol. The van der Waals surface area contributed by atoms with Crippen LogP contribution in [0.1, 0.15) is 24.3 Å². The van der Waals surface area contributed by atoms with Crippen molar-refractivity contribution in [1.82, 2.24) is 4.90 Å². The minimum absolute atomic E-state index is 0.128. The lowest BCUT2D eigenvalue weighted by Crippen LogP contribution is -2.55. The number of hydrogen-bond donors (Lipinski definition) is 1. The van der Waals surface area contributed by atoms with Gasteiger partial charge in [-0.1, -0.05) is 23.7 Å². The number of hydrogen-bond acceptors (Lipinski definition) is 3. The summed E-state index contributed by atoms with van der Waals surface area (Å²) in [5.74, 6) is 1.48. The number of likely N-dealkylation sites (tertiary alicyclic amines) is 1. The molecular weight excluding hydrogens is 320 g/mol. The molecule has 2 aliphatic rings. The maximum absolute atomic E-state index is 12.3. The third-order valence-corrected chi connectivity index (χ3v) is 6.01. The number of rotatable bonds is 4. The number of nitrogens with zero attached hydrogens (tertiary/aromatic N) is 1. The molecule has 2 fully saturated rings. The van der Waals surface area contributed by atoms with Crippen LogP contribution in [0, 0.1) is 16.6 Å². The van der Waals surface area contributed by atoms with Crippen molar-refractivity contribution in [1.29, 1.82) is 4.78 Å². The Labute approximate surface area is 136 Å². The van der Waals surface area contributed by atoms with Crippen LogP contribution in [0.4, 0.5) is 0 Å². The molecule has 1 unspecified atom stereocenters. The molecule has 1 saturated heterocycles. The Bertz CT molecular complexity index is 660. The van der Waals surface area contributed by atoms with Crippen LogP contribution in [0.5, 0.6) is 0 Å². The van der Waals surface area contributed by atoms with Crippen molar-refractivity contribution in [2.75, 3.05) is 25.1 Å². The smallest absolute Gasteiger partial charge is 0.225 e. The predicted molar refractivity (Wildman–Crippen MR) is 88.6 cm³/mol. The lowest BCUT2D eigenvalue weighted by atomic mass is 9.70. The van der Waals surface area contributed by atoms with Gasteiger partial charge < -0.3 is 4.90 Å². The van der Waals surface area contributed by atoms with Gasteiger partial charge in [0.2, 0.25) is 5.91 Å². The second-order valence-corrected chi connectivity index (χ2v) is 9.48. The summed E-state index contributed by atoms with van der Waals surface area (Å²) < 4.78 is 18.9. The van der Waals surface area contributed by atoms with Gasteiger partial charge in [-0.05, 0) is 36.5 Å². The van der Waals surface area contributed by atoms with E-state index < -0.39 is 9.73 Å². The van der Waals surface area contributed by atoms with Gasteiger partial charge in [-0.25, -0.2) is 0 Å². The zero-order valence-electron chi connectivity index (χ0n) is 12.6. The van der Waals surface area contributed by atoms with Crippen LogP contribution in [-0.2, 0) is 14.5 Å². The molecule has 1 amide bonds. The molecule has 1 aromatic carbocycles. The van der Waals surface area contributed by atoms with Gasteiger partial charge in [-0.15, -0.1) is 0 Å². The van der Waals surface area contributed by atoms with Crippen molar-refractivity contribution in [3.8, 4) is 0 Å². The zero-order valence-corrected chi connectivity index (χ0v) is 14.2. The first-order chi connectivity index (χ1) is 10.3. The quantitative estimate of drug-likeness (QED) is 0.916. The molecule has 1 aromatic rings. The SMILES string of the molecule is CS(=N)(=O)CC1CN(C(=O)C2CC(c3ccc(Cl)cc3)C2)C1. The second kappa shape index (κ2) is 5.85. The summed E-state index contributed by atoms with van der Waals surface area (Å²) in [6, 6.07) is 7.88. The van der Waals surface area contributed by atoms with E-state index in [1.54, 1.807) is 0 Å². The van der Waals surface area contributed by atoms with Gasteiger partial charge in [-0.2, -0.15) is 0 Å². The highest BCUT2D eigenvalue weighted by atomic mass is 35.5. The van der Waals surface area contributed by atoms with E-state index >= 15 is 0 Å². The van der Waals surface area contributed by atoms with Crippen molar-refractivity contribution in [2.45, 2.75) is 18.8 Å². The fraction of sp³-hybridized carbons (Fsp3) is 0.562. The van der Waals surface area contributed by atoms with Crippen molar-refractivity contribution in [2.24, 2.45) is 11.8 Å². The summed E-state index contributed by atoms with van der Waals surface area (Å²) in [6.07, 6.45) is 3.29. The fourth-order valence-electron chi connectivity index (χ4n) is 3.39. The van der Waals surface area contributed by atoms with Crippen LogP contribution in [-0.4, -0.2) is 40.1 Å². The minimum atomic E-state index is -2.44. The number of nitrogens with one attached hydrogen (secondary N) is 1. The number of halogens is 1. The Hall–Kier alpha value is -1.07. The number of amides is 1. The molecule has 0 aromatic heterocycles. The predicted octanol–water partition coefficient (Wildman–Crippen LogP) is 2.97. The van der Waals surface area contributed by atoms with Crippen LogP contribution >= 0.6 is 11.6 Å². The van der Waals surface area contributed by atoms with Gasteiger partial charge >= 0.3 is 0 Å². The van der Waals surface area contributed by atoms with E-state index in [1.165, 1.54) is 11.8 Å². The van der Waals surface area contributed by atoms with E-state index in [1.807, 2.05) is 29.2 Å². The molecule has 22 heavy (non-hydrogen) atoms. The van der Waals surface area contributed by atoms with Gasteiger partial charge in [0, 0.05) is 51.7 Å². The number of carbonyl (C=O) groups is 1. The van der Waals surface area contributed by atoms with Gasteiger partial charge in [0.05, 0.1) is 0 Å². The molecule has 1 aliphatic heterocycles. The zero-order chi connectivity index (χ0) is 15.9. The van der Waals surface area contributed by atoms with Crippen molar-refractivity contribution >= 4 is 27.2 Å². The van der Waals surface area contributed by atoms with E-state index in [9.17, 15) is 9.00 Å². The molecule has 1 heterocycles. The van der Waals surface area contributed by atoms with E-state index in [0.29, 0.717) is 24.8 Å². The molecule has 1 saturated carbocycles. The summed E-state index contributed by atoms with van der Waals surface area (Å²) in [5, 5.41) is 0.740. The molecular formula is C16H21ClN2O2S. The Morgan fingerprint density at radius 3 is 2.45 bits per heavy atom. The molecule has 3 rings (SSSR count). The highest BCUT2D eigenvalue weighted by Gasteiger charge is 2.41. The monoisotopic (exact) mass is 340 g/mol. The summed E-state index contributed by atoms with van der Waals surface area (Å²) in [4.78, 5) is 14.2. The van der Waals surface area contributed by atoms with E-state index in [0.717, 1.165) is 17.9 Å². The van der Waals surface area contributed by atoms with Crippen LogP contribution in [0.25, 0.3) is 0 Å². The summed E-state index contributed by atoms with van der Waals surface area (Å²) in [5.41, 5.74) is 1.26. The van der Waals surface area contributed by atoms with Crippen LogP contribution < -0.4 is 0 Å². The largest absolute Gasteiger partial charge is 0.342 e. The van der Waals surface area contributed by atoms with Gasteiger partial charge in [0.25, 0.3) is 0 Å². The minimum Gasteiger partial charge on any atom is -0.342 e. The highest BCUT2D eigenvalue weighted by molar-refractivity contribution is 7.91. The molecule has 0 spiro atoms. The van der Waals surface area contributed by atoms with E-state index in [4.69, 9.17) is 16.4 Å². The Morgan fingerprint density at radius 2 is 1.91 bits per heavy atom. The van der Waals surface area contributed by atoms with Gasteiger partial charge in [-0.3, -0.25) is 13.8 Å². The molecule has 1 atom stereocenters. The first kappa shape index (κ1) is 15.8. The molecule has 1 N–H and O–H groups in total. The standard InChI is InChI=1S/C16H21ClN2O2S/c1-22(18,21)10-11-8-19(9-11)16(20)14-6-13(7-14)12-2-4-15(17)5-3-12/h2-5,11,13-14,18H,6-10H2,1H3. The normalized spacial score (nSPS) is 27.6. The molecule has 0 bridgehead atoms. The summed E-state index contributed by atoms with van der Waals surface area (Å²) in [7, 11) is -2.44. The first-order valence-electron chi connectivity index (χ1n) is 7.57. The maximum Gasteiger partial charge on any atom is 0.225 e. The number of carbonyl (C=O) groups excluding carboxylic acids is 1. The summed E-state index contributed by atoms with van der Waals surface area (Å²) in [6.45, 7) is 1.34. The van der Waals surface area contributed by atoms with Crippen molar-refractivity contribution in [3.05, 3.63) is 34.9 Å². The molecule has 120 valence electrons. The third kappa shape index (κ3) is 3.46. The molecule has 0 radical (unpaired) electrons. The van der Waals surface area contributed by atoms with Crippen LogP contribution in [0.3, 0.4) is 0 Å². The van der Waals surface area contributed by atoms with Crippen LogP contribution in [0.15, 0.2) is 24.3 Å². The molecule has 6 heteroatoms. The van der Waals surface area contributed by atoms with Crippen molar-refractivity contribution < 1.29 is 9.00 Å². The fourth-order valence-corrected chi connectivity index (χ4v) is 4.63. The summed E-state index contributed by atoms with van der Waals surface area (Å²) >= 11 is 5.89. The lowest BCUT2D eigenvalue weighted by molar-refractivity contribution is -0.144. The van der Waals surface area contributed by atoms with Gasteiger partial charge in [0.15, 0.2) is 0 Å². The van der Waals surface area contributed by atoms with Crippen molar-refractivity contribution in [3.63, 3.8) is 0 Å². The van der Waals surface area contributed by atoms with E-state index in [-0.39, 0.29) is 17.7 Å². The molecule has 4 nitrogen and oxygen atoms in total. The average Bonchev–Trinajstić information content (AvgIpc) is 2.32. The lowest BCUT2D eigenvalue weighted by Gasteiger charge is -2.44. The second-order valence-electron chi connectivity index (χ2n) is 6.70. The third-order valence-electron chi connectivity index (χ3n) is 4.65. The Morgan fingerprint density at radius 1 is 1.32 bits per heavy atom.